The Balaban J connectivity index is 2.51. The van der Waals surface area contributed by atoms with Crippen LogP contribution < -0.4 is 5.73 Å². The summed E-state index contributed by atoms with van der Waals surface area (Å²) < 4.78 is 0. The van der Waals surface area contributed by atoms with Crippen molar-refractivity contribution in [3.05, 3.63) is 62.7 Å². The van der Waals surface area contributed by atoms with Gasteiger partial charge in [0.05, 0.1) is 15.9 Å². The van der Waals surface area contributed by atoms with Gasteiger partial charge in [-0.25, -0.2) is 0 Å². The Bertz CT molecular complexity index is 676. The molecule has 7 nitrogen and oxygen atoms in total. The lowest BCUT2D eigenvalue weighted by Gasteiger charge is -2.06. The van der Waals surface area contributed by atoms with Gasteiger partial charge in [-0.2, -0.15) is 0 Å². The highest BCUT2D eigenvalue weighted by molar-refractivity contribution is 7.99. The fraction of sp³-hybridized carbons (Fsp3) is 0. The van der Waals surface area contributed by atoms with E-state index in [-0.39, 0.29) is 16.3 Å². The van der Waals surface area contributed by atoms with Crippen molar-refractivity contribution < 1.29 is 9.85 Å². The SMILES string of the molecule is Nc1c(Sc2ccccc2)cc([N+](=O)[O-])cc1[N+](=O)[O-]. The first kappa shape index (κ1) is 13.8. The predicted molar refractivity (Wildman–Crippen MR) is 74.7 cm³/mol. The molecule has 2 aromatic carbocycles. The number of benzene rings is 2. The summed E-state index contributed by atoms with van der Waals surface area (Å²) in [5.74, 6) is 0. The van der Waals surface area contributed by atoms with Crippen LogP contribution in [0.3, 0.4) is 0 Å². The third kappa shape index (κ3) is 2.86. The zero-order chi connectivity index (χ0) is 14.7. The molecule has 0 atom stereocenters. The maximum Gasteiger partial charge on any atom is 0.300 e. The number of nitrogens with zero attached hydrogens (tertiary/aromatic N) is 2. The number of non-ortho nitro benzene ring substituents is 1. The van der Waals surface area contributed by atoms with Crippen LogP contribution in [-0.2, 0) is 0 Å². The summed E-state index contributed by atoms with van der Waals surface area (Å²) in [7, 11) is 0. The second-order valence-electron chi connectivity index (χ2n) is 3.81. The van der Waals surface area contributed by atoms with Crippen LogP contribution in [0.4, 0.5) is 17.1 Å². The maximum atomic E-state index is 10.9. The van der Waals surface area contributed by atoms with Crippen molar-refractivity contribution in [1.29, 1.82) is 0 Å². The van der Waals surface area contributed by atoms with Crippen molar-refractivity contribution in [2.75, 3.05) is 5.73 Å². The van der Waals surface area contributed by atoms with Crippen molar-refractivity contribution in [3.8, 4) is 0 Å². The van der Waals surface area contributed by atoms with Gasteiger partial charge in [-0.3, -0.25) is 20.2 Å². The van der Waals surface area contributed by atoms with Crippen molar-refractivity contribution in [2.45, 2.75) is 9.79 Å². The fourth-order valence-corrected chi connectivity index (χ4v) is 2.50. The molecule has 0 aliphatic rings. The first-order valence-electron chi connectivity index (χ1n) is 5.44. The van der Waals surface area contributed by atoms with Gasteiger partial charge in [0.15, 0.2) is 0 Å². The summed E-state index contributed by atoms with van der Waals surface area (Å²) in [6, 6.07) is 11.1. The van der Waals surface area contributed by atoms with E-state index in [1.165, 1.54) is 6.07 Å². The van der Waals surface area contributed by atoms with Crippen molar-refractivity contribution in [1.82, 2.24) is 0 Å². The van der Waals surface area contributed by atoms with Gasteiger partial charge < -0.3 is 5.73 Å². The van der Waals surface area contributed by atoms with Crippen molar-refractivity contribution >= 4 is 28.8 Å². The molecule has 0 saturated carbocycles. The van der Waals surface area contributed by atoms with E-state index in [0.717, 1.165) is 22.7 Å². The van der Waals surface area contributed by atoms with E-state index < -0.39 is 15.5 Å². The monoisotopic (exact) mass is 291 g/mol. The van der Waals surface area contributed by atoms with E-state index in [4.69, 9.17) is 5.73 Å². The number of nitrogen functional groups attached to an aromatic ring is 1. The molecule has 0 aliphatic heterocycles. The molecule has 0 heterocycles. The van der Waals surface area contributed by atoms with Gasteiger partial charge in [0, 0.05) is 15.9 Å². The average Bonchev–Trinajstić information content (AvgIpc) is 2.41. The molecule has 0 radical (unpaired) electrons. The molecule has 0 spiro atoms. The van der Waals surface area contributed by atoms with Crippen LogP contribution in [0.5, 0.6) is 0 Å². The lowest BCUT2D eigenvalue weighted by atomic mass is 10.2. The summed E-state index contributed by atoms with van der Waals surface area (Å²) in [5.41, 5.74) is 4.82. The molecule has 2 aromatic rings. The van der Waals surface area contributed by atoms with Gasteiger partial charge in [0.1, 0.15) is 5.69 Å². The van der Waals surface area contributed by atoms with Gasteiger partial charge >= 0.3 is 0 Å². The van der Waals surface area contributed by atoms with Crippen LogP contribution in [0.1, 0.15) is 0 Å². The topological polar surface area (TPSA) is 112 Å². The third-order valence-electron chi connectivity index (χ3n) is 2.48. The van der Waals surface area contributed by atoms with Crippen LogP contribution >= 0.6 is 11.8 Å². The molecule has 0 aliphatic carbocycles. The maximum absolute atomic E-state index is 10.9. The Morgan fingerprint density at radius 1 is 1.00 bits per heavy atom. The minimum Gasteiger partial charge on any atom is -0.392 e. The molecule has 2 N–H and O–H groups in total. The van der Waals surface area contributed by atoms with Crippen molar-refractivity contribution in [3.63, 3.8) is 0 Å². The highest BCUT2D eigenvalue weighted by Gasteiger charge is 2.22. The number of hydrogen-bond donors (Lipinski definition) is 1. The summed E-state index contributed by atoms with van der Waals surface area (Å²) in [6.45, 7) is 0. The molecule has 0 fully saturated rings. The first-order chi connectivity index (χ1) is 9.49. The summed E-state index contributed by atoms with van der Waals surface area (Å²) in [4.78, 5) is 21.4. The van der Waals surface area contributed by atoms with E-state index in [2.05, 4.69) is 0 Å². The van der Waals surface area contributed by atoms with E-state index in [9.17, 15) is 20.2 Å². The molecule has 0 saturated heterocycles. The number of nitro groups is 2. The van der Waals surface area contributed by atoms with Crippen molar-refractivity contribution in [2.24, 2.45) is 0 Å². The molecule has 20 heavy (non-hydrogen) atoms. The quantitative estimate of drug-likeness (QED) is 0.525. The normalized spacial score (nSPS) is 10.2. The zero-order valence-corrected chi connectivity index (χ0v) is 10.9. The van der Waals surface area contributed by atoms with Gasteiger partial charge in [-0.1, -0.05) is 30.0 Å². The minimum absolute atomic E-state index is 0.0746. The summed E-state index contributed by atoms with van der Waals surface area (Å²) >= 11 is 1.14. The van der Waals surface area contributed by atoms with Crippen LogP contribution in [0.2, 0.25) is 0 Å². The van der Waals surface area contributed by atoms with Gasteiger partial charge in [-0.15, -0.1) is 0 Å². The lowest BCUT2D eigenvalue weighted by Crippen LogP contribution is -1.99. The van der Waals surface area contributed by atoms with Crippen LogP contribution in [-0.4, -0.2) is 9.85 Å². The van der Waals surface area contributed by atoms with E-state index >= 15 is 0 Å². The summed E-state index contributed by atoms with van der Waals surface area (Å²) in [5, 5.41) is 21.7. The number of anilines is 1. The van der Waals surface area contributed by atoms with Crippen LogP contribution in [0.15, 0.2) is 52.3 Å². The zero-order valence-electron chi connectivity index (χ0n) is 10.1. The standard InChI is InChI=1S/C12H9N3O4S/c13-12-10(15(18)19)6-8(14(16)17)7-11(12)20-9-4-2-1-3-5-9/h1-7H,13H2. The largest absolute Gasteiger partial charge is 0.392 e. The van der Waals surface area contributed by atoms with Gasteiger partial charge in [-0.05, 0) is 12.1 Å². The molecule has 2 rings (SSSR count). The van der Waals surface area contributed by atoms with E-state index in [0.29, 0.717) is 0 Å². The van der Waals surface area contributed by atoms with Crippen LogP contribution in [0.25, 0.3) is 0 Å². The number of nitro benzene ring substituents is 2. The Kier molecular flexibility index (Phi) is 3.85. The van der Waals surface area contributed by atoms with E-state index in [1.54, 1.807) is 24.3 Å². The Hall–Kier alpha value is -2.61. The lowest BCUT2D eigenvalue weighted by molar-refractivity contribution is -0.393. The van der Waals surface area contributed by atoms with Gasteiger partial charge in [0.25, 0.3) is 11.4 Å². The van der Waals surface area contributed by atoms with E-state index in [1.807, 2.05) is 6.07 Å². The minimum atomic E-state index is -0.725. The molecule has 8 heteroatoms. The fourth-order valence-electron chi connectivity index (χ4n) is 1.55. The smallest absolute Gasteiger partial charge is 0.300 e. The molecular weight excluding hydrogens is 282 g/mol. The molecule has 0 aromatic heterocycles. The summed E-state index contributed by atoms with van der Waals surface area (Å²) in [6.07, 6.45) is 0. The number of hydrogen-bond acceptors (Lipinski definition) is 6. The Labute approximate surface area is 117 Å². The highest BCUT2D eigenvalue weighted by atomic mass is 32.2. The highest BCUT2D eigenvalue weighted by Crippen LogP contribution is 2.39. The Morgan fingerprint density at radius 2 is 1.65 bits per heavy atom. The van der Waals surface area contributed by atoms with Crippen LogP contribution in [0, 0.1) is 20.2 Å². The number of nitrogens with two attached hydrogens (primary N) is 1. The molecular formula is C12H9N3O4S. The Morgan fingerprint density at radius 3 is 2.20 bits per heavy atom. The third-order valence-corrected chi connectivity index (χ3v) is 3.55. The molecule has 0 amide bonds. The first-order valence-corrected chi connectivity index (χ1v) is 6.26. The van der Waals surface area contributed by atoms with Gasteiger partial charge in [0.2, 0.25) is 0 Å². The second-order valence-corrected chi connectivity index (χ2v) is 4.92. The molecule has 0 unspecified atom stereocenters. The predicted octanol–water partition coefficient (Wildman–Crippen LogP) is 3.24. The number of rotatable bonds is 4. The molecule has 102 valence electrons. The molecule has 0 bridgehead atoms. The average molecular weight is 291 g/mol. The second kappa shape index (κ2) is 5.57.